The predicted molar refractivity (Wildman–Crippen MR) is 121 cm³/mol. The molecule has 0 atom stereocenters. The highest BCUT2D eigenvalue weighted by Gasteiger charge is 2.22. The van der Waals surface area contributed by atoms with Crippen molar-refractivity contribution in [3.8, 4) is 5.75 Å². The Morgan fingerprint density at radius 2 is 1.83 bits per heavy atom. The van der Waals surface area contributed by atoms with Gasteiger partial charge in [-0.25, -0.2) is 8.42 Å². The van der Waals surface area contributed by atoms with Crippen molar-refractivity contribution in [2.45, 2.75) is 6.92 Å². The van der Waals surface area contributed by atoms with Crippen LogP contribution >= 0.6 is 11.6 Å². The number of ether oxygens (including phenoxy) is 1. The number of hydrogen-bond acceptors (Lipinski definition) is 4. The first-order chi connectivity index (χ1) is 14.3. The molecule has 0 heterocycles. The summed E-state index contributed by atoms with van der Waals surface area (Å²) >= 11 is 5.95. The Balaban J connectivity index is 1.59. The number of benzene rings is 3. The second kappa shape index (κ2) is 9.36. The molecule has 0 fully saturated rings. The molecule has 0 aliphatic heterocycles. The molecule has 0 saturated carbocycles. The molecule has 6 nitrogen and oxygen atoms in total. The first kappa shape index (κ1) is 21.9. The maximum absolute atomic E-state index is 12.4. The molecule has 1 amide bonds. The Morgan fingerprint density at radius 1 is 1.10 bits per heavy atom. The maximum atomic E-state index is 12.4. The van der Waals surface area contributed by atoms with E-state index in [9.17, 15) is 13.2 Å². The minimum absolute atomic E-state index is 0.249. The Hall–Kier alpha value is -2.77. The Morgan fingerprint density at radius 3 is 2.57 bits per heavy atom. The molecule has 0 aromatic heterocycles. The molecule has 158 valence electrons. The van der Waals surface area contributed by atoms with Gasteiger partial charge in [-0.05, 0) is 42.1 Å². The molecule has 0 aliphatic carbocycles. The predicted octanol–water partition coefficient (Wildman–Crippen LogP) is 3.76. The molecule has 1 N–H and O–H groups in total. The number of amides is 1. The van der Waals surface area contributed by atoms with E-state index in [1.165, 1.54) is 0 Å². The fraction of sp³-hybridized carbons (Fsp3) is 0.227. The van der Waals surface area contributed by atoms with Crippen molar-refractivity contribution >= 4 is 44.0 Å². The van der Waals surface area contributed by atoms with Crippen LogP contribution in [0.15, 0.2) is 60.7 Å². The molecule has 0 spiro atoms. The SMILES string of the molecule is Cc1cc(Cl)ccc1N(CC(=O)NCCOc1cccc2ccccc12)S(C)(=O)=O. The van der Waals surface area contributed by atoms with Crippen LogP contribution in [-0.4, -0.2) is 40.3 Å². The lowest BCUT2D eigenvalue weighted by atomic mass is 10.1. The largest absolute Gasteiger partial charge is 0.491 e. The fourth-order valence-corrected chi connectivity index (χ4v) is 4.28. The summed E-state index contributed by atoms with van der Waals surface area (Å²) < 4.78 is 31.3. The molecule has 30 heavy (non-hydrogen) atoms. The van der Waals surface area contributed by atoms with Crippen molar-refractivity contribution in [1.29, 1.82) is 0 Å². The van der Waals surface area contributed by atoms with Crippen LogP contribution in [0.5, 0.6) is 5.75 Å². The van der Waals surface area contributed by atoms with E-state index >= 15 is 0 Å². The van der Waals surface area contributed by atoms with Crippen LogP contribution in [0.25, 0.3) is 10.8 Å². The highest BCUT2D eigenvalue weighted by atomic mass is 35.5. The average molecular weight is 447 g/mol. The smallest absolute Gasteiger partial charge is 0.240 e. The highest BCUT2D eigenvalue weighted by molar-refractivity contribution is 7.92. The maximum Gasteiger partial charge on any atom is 0.240 e. The minimum atomic E-state index is -3.65. The van der Waals surface area contributed by atoms with Gasteiger partial charge in [-0.3, -0.25) is 9.10 Å². The van der Waals surface area contributed by atoms with Gasteiger partial charge in [-0.1, -0.05) is 48.0 Å². The van der Waals surface area contributed by atoms with Crippen LogP contribution in [0.4, 0.5) is 5.69 Å². The highest BCUT2D eigenvalue weighted by Crippen LogP contribution is 2.26. The molecule has 0 radical (unpaired) electrons. The van der Waals surface area contributed by atoms with Gasteiger partial charge in [0.1, 0.15) is 18.9 Å². The minimum Gasteiger partial charge on any atom is -0.491 e. The fourth-order valence-electron chi connectivity index (χ4n) is 3.14. The quantitative estimate of drug-likeness (QED) is 0.534. The number of nitrogens with one attached hydrogen (secondary N) is 1. The van der Waals surface area contributed by atoms with Gasteiger partial charge in [0.2, 0.25) is 15.9 Å². The molecule has 0 saturated heterocycles. The van der Waals surface area contributed by atoms with Crippen LogP contribution in [0, 0.1) is 6.92 Å². The lowest BCUT2D eigenvalue weighted by molar-refractivity contribution is -0.119. The van der Waals surface area contributed by atoms with E-state index in [1.54, 1.807) is 25.1 Å². The van der Waals surface area contributed by atoms with Crippen LogP contribution in [0.2, 0.25) is 5.02 Å². The van der Waals surface area contributed by atoms with E-state index < -0.39 is 15.9 Å². The van der Waals surface area contributed by atoms with E-state index in [4.69, 9.17) is 16.3 Å². The Labute approximate surface area is 181 Å². The average Bonchev–Trinajstić information content (AvgIpc) is 2.69. The van der Waals surface area contributed by atoms with E-state index in [1.807, 2.05) is 42.5 Å². The first-order valence-electron chi connectivity index (χ1n) is 9.37. The zero-order chi connectivity index (χ0) is 21.7. The van der Waals surface area contributed by atoms with Crippen molar-refractivity contribution in [2.75, 3.05) is 30.3 Å². The third-order valence-electron chi connectivity index (χ3n) is 4.55. The van der Waals surface area contributed by atoms with Crippen LogP contribution in [-0.2, 0) is 14.8 Å². The summed E-state index contributed by atoms with van der Waals surface area (Å²) in [5.74, 6) is 0.313. The monoisotopic (exact) mass is 446 g/mol. The summed E-state index contributed by atoms with van der Waals surface area (Å²) in [5, 5.41) is 5.27. The van der Waals surface area contributed by atoms with Gasteiger partial charge in [0.25, 0.3) is 0 Å². The standard InChI is InChI=1S/C22H23ClN2O4S/c1-16-14-18(23)10-11-20(16)25(30(2,27)28)15-22(26)24-12-13-29-21-9-5-7-17-6-3-4-8-19(17)21/h3-11,14H,12-13,15H2,1-2H3,(H,24,26). The van der Waals surface area contributed by atoms with Gasteiger partial charge < -0.3 is 10.1 Å². The molecular formula is C22H23ClN2O4S. The van der Waals surface area contributed by atoms with Crippen LogP contribution < -0.4 is 14.4 Å². The number of rotatable bonds is 8. The summed E-state index contributed by atoms with van der Waals surface area (Å²) in [5.41, 5.74) is 1.09. The number of halogens is 1. The number of nitrogens with zero attached hydrogens (tertiary/aromatic N) is 1. The zero-order valence-electron chi connectivity index (χ0n) is 16.8. The van der Waals surface area contributed by atoms with Gasteiger partial charge in [0.15, 0.2) is 0 Å². The molecule has 3 aromatic carbocycles. The number of fused-ring (bicyclic) bond motifs is 1. The molecule has 3 rings (SSSR count). The Kier molecular flexibility index (Phi) is 6.84. The molecule has 3 aromatic rings. The van der Waals surface area contributed by atoms with E-state index in [2.05, 4.69) is 5.32 Å². The number of carbonyl (C=O) groups is 1. The van der Waals surface area contributed by atoms with Gasteiger partial charge in [-0.2, -0.15) is 0 Å². The Bertz CT molecular complexity index is 1160. The summed E-state index contributed by atoms with van der Waals surface area (Å²) in [6.07, 6.45) is 1.07. The second-order valence-corrected chi connectivity index (χ2v) is 9.22. The van der Waals surface area contributed by atoms with Crippen LogP contribution in [0.1, 0.15) is 5.56 Å². The lowest BCUT2D eigenvalue weighted by Gasteiger charge is -2.23. The van der Waals surface area contributed by atoms with E-state index in [-0.39, 0.29) is 19.7 Å². The van der Waals surface area contributed by atoms with E-state index in [0.29, 0.717) is 16.3 Å². The number of aryl methyl sites for hydroxylation is 1. The zero-order valence-corrected chi connectivity index (χ0v) is 18.3. The third-order valence-corrected chi connectivity index (χ3v) is 5.91. The van der Waals surface area contributed by atoms with E-state index in [0.717, 1.165) is 27.1 Å². The third kappa shape index (κ3) is 5.43. The topological polar surface area (TPSA) is 75.7 Å². The second-order valence-electron chi connectivity index (χ2n) is 6.88. The summed E-state index contributed by atoms with van der Waals surface area (Å²) in [7, 11) is -3.65. The first-order valence-corrected chi connectivity index (χ1v) is 11.6. The molecular weight excluding hydrogens is 424 g/mol. The molecule has 0 bridgehead atoms. The van der Waals surface area contributed by atoms with Crippen molar-refractivity contribution in [3.05, 3.63) is 71.2 Å². The number of hydrogen-bond donors (Lipinski definition) is 1. The molecule has 0 unspecified atom stereocenters. The number of sulfonamides is 1. The molecule has 0 aliphatic rings. The van der Waals surface area contributed by atoms with Crippen molar-refractivity contribution in [3.63, 3.8) is 0 Å². The number of carbonyl (C=O) groups excluding carboxylic acids is 1. The normalized spacial score (nSPS) is 11.3. The summed E-state index contributed by atoms with van der Waals surface area (Å²) in [6, 6.07) is 18.5. The van der Waals surface area contributed by atoms with Gasteiger partial charge in [0.05, 0.1) is 18.5 Å². The van der Waals surface area contributed by atoms with Gasteiger partial charge in [0, 0.05) is 10.4 Å². The van der Waals surface area contributed by atoms with Crippen molar-refractivity contribution in [1.82, 2.24) is 5.32 Å². The van der Waals surface area contributed by atoms with Gasteiger partial charge in [-0.15, -0.1) is 0 Å². The van der Waals surface area contributed by atoms with Crippen molar-refractivity contribution < 1.29 is 17.9 Å². The number of anilines is 1. The molecule has 8 heteroatoms. The summed E-state index contributed by atoms with van der Waals surface area (Å²) in [6.45, 7) is 1.93. The van der Waals surface area contributed by atoms with Crippen molar-refractivity contribution in [2.24, 2.45) is 0 Å². The van der Waals surface area contributed by atoms with Crippen LogP contribution in [0.3, 0.4) is 0 Å². The van der Waals surface area contributed by atoms with Gasteiger partial charge >= 0.3 is 0 Å². The summed E-state index contributed by atoms with van der Waals surface area (Å²) in [4.78, 5) is 12.4. The lowest BCUT2D eigenvalue weighted by Crippen LogP contribution is -2.41.